The summed E-state index contributed by atoms with van der Waals surface area (Å²) in [7, 11) is 0. The van der Waals surface area contributed by atoms with E-state index in [4.69, 9.17) is 4.74 Å². The monoisotopic (exact) mass is 329 g/mol. The number of piperidine rings is 1. The summed E-state index contributed by atoms with van der Waals surface area (Å²) in [6.45, 7) is 0.941. The molecule has 1 aliphatic rings. The Labute approximate surface area is 140 Å². The summed E-state index contributed by atoms with van der Waals surface area (Å²) < 4.78 is 18.3. The van der Waals surface area contributed by atoms with E-state index in [-0.39, 0.29) is 24.9 Å². The number of nitrogens with zero attached hydrogens (tertiary/aromatic N) is 1. The van der Waals surface area contributed by atoms with Crippen LogP contribution in [0.4, 0.5) is 9.18 Å². The van der Waals surface area contributed by atoms with Crippen LogP contribution in [-0.2, 0) is 11.3 Å². The van der Waals surface area contributed by atoms with Crippen molar-refractivity contribution in [3.63, 3.8) is 0 Å². The summed E-state index contributed by atoms with van der Waals surface area (Å²) in [6.07, 6.45) is -0.489. The van der Waals surface area contributed by atoms with Gasteiger partial charge in [-0.3, -0.25) is 0 Å². The van der Waals surface area contributed by atoms with Crippen molar-refractivity contribution in [1.82, 2.24) is 4.90 Å². The zero-order valence-corrected chi connectivity index (χ0v) is 13.3. The van der Waals surface area contributed by atoms with Gasteiger partial charge in [0.05, 0.1) is 12.6 Å². The molecule has 2 unspecified atom stereocenters. The Balaban J connectivity index is 1.54. The quantitative estimate of drug-likeness (QED) is 0.940. The lowest BCUT2D eigenvalue weighted by molar-refractivity contribution is 0.0344. The number of halogens is 1. The third-order valence-corrected chi connectivity index (χ3v) is 4.34. The topological polar surface area (TPSA) is 49.8 Å². The van der Waals surface area contributed by atoms with Gasteiger partial charge < -0.3 is 14.7 Å². The third-order valence-electron chi connectivity index (χ3n) is 4.34. The van der Waals surface area contributed by atoms with Crippen LogP contribution in [0.5, 0.6) is 0 Å². The Bertz CT molecular complexity index is 675. The van der Waals surface area contributed by atoms with E-state index in [0.717, 1.165) is 11.1 Å². The first kappa shape index (κ1) is 16.5. The van der Waals surface area contributed by atoms with Gasteiger partial charge in [0.25, 0.3) is 0 Å². The molecule has 1 N–H and O–H groups in total. The molecule has 0 saturated carbocycles. The minimum atomic E-state index is -0.687. The smallest absolute Gasteiger partial charge is 0.410 e. The normalized spacial score (nSPS) is 20.7. The van der Waals surface area contributed by atoms with Crippen molar-refractivity contribution in [2.75, 3.05) is 13.1 Å². The Morgan fingerprint density at radius 3 is 2.54 bits per heavy atom. The summed E-state index contributed by atoms with van der Waals surface area (Å²) in [5, 5.41) is 10.4. The second-order valence-electron chi connectivity index (χ2n) is 6.00. The Morgan fingerprint density at radius 1 is 1.17 bits per heavy atom. The number of aliphatic hydroxyl groups is 1. The first-order valence-corrected chi connectivity index (χ1v) is 8.02. The van der Waals surface area contributed by atoms with E-state index in [1.807, 2.05) is 30.3 Å². The molecule has 2 aromatic rings. The molecule has 0 radical (unpaired) electrons. The molecule has 126 valence electrons. The van der Waals surface area contributed by atoms with E-state index in [1.165, 1.54) is 17.0 Å². The molecule has 3 rings (SSSR count). The number of amides is 1. The van der Waals surface area contributed by atoms with Gasteiger partial charge in [-0.15, -0.1) is 0 Å². The van der Waals surface area contributed by atoms with E-state index < -0.39 is 12.2 Å². The molecule has 1 aliphatic heterocycles. The van der Waals surface area contributed by atoms with Crippen molar-refractivity contribution in [1.29, 1.82) is 0 Å². The number of β-amino-alcohol motifs (C(OH)–C–C–N with tert-alkyl or cyclic N) is 1. The summed E-state index contributed by atoms with van der Waals surface area (Å²) in [6, 6.07) is 15.6. The molecule has 0 spiro atoms. The molecular formula is C19H20FNO3. The van der Waals surface area contributed by atoms with Crippen LogP contribution in [-0.4, -0.2) is 35.3 Å². The largest absolute Gasteiger partial charge is 0.445 e. The predicted molar refractivity (Wildman–Crippen MR) is 88.0 cm³/mol. The van der Waals surface area contributed by atoms with Gasteiger partial charge in [-0.2, -0.15) is 0 Å². The molecule has 2 atom stereocenters. The Morgan fingerprint density at radius 2 is 1.88 bits per heavy atom. The number of benzene rings is 2. The second kappa shape index (κ2) is 7.45. The number of carbonyl (C=O) groups excluding carboxylic acids is 1. The first-order chi connectivity index (χ1) is 11.6. The van der Waals surface area contributed by atoms with Crippen molar-refractivity contribution in [2.24, 2.45) is 0 Å². The molecule has 24 heavy (non-hydrogen) atoms. The maximum atomic E-state index is 13.0. The van der Waals surface area contributed by atoms with Crippen LogP contribution in [0, 0.1) is 5.82 Å². The van der Waals surface area contributed by atoms with E-state index in [1.54, 1.807) is 12.1 Å². The van der Waals surface area contributed by atoms with Crippen molar-refractivity contribution in [3.05, 3.63) is 71.5 Å². The maximum Gasteiger partial charge on any atom is 0.410 e. The first-order valence-electron chi connectivity index (χ1n) is 8.02. The van der Waals surface area contributed by atoms with Gasteiger partial charge >= 0.3 is 6.09 Å². The van der Waals surface area contributed by atoms with Crippen molar-refractivity contribution >= 4 is 6.09 Å². The van der Waals surface area contributed by atoms with Gasteiger partial charge in [0, 0.05) is 12.5 Å². The minimum absolute atomic E-state index is 0.0937. The molecule has 1 amide bonds. The highest BCUT2D eigenvalue weighted by Gasteiger charge is 2.31. The van der Waals surface area contributed by atoms with Crippen LogP contribution in [0.1, 0.15) is 23.5 Å². The third kappa shape index (κ3) is 3.92. The van der Waals surface area contributed by atoms with Gasteiger partial charge in [0.15, 0.2) is 0 Å². The number of rotatable bonds is 3. The zero-order chi connectivity index (χ0) is 16.9. The van der Waals surface area contributed by atoms with Crippen LogP contribution < -0.4 is 0 Å². The highest BCUT2D eigenvalue weighted by Crippen LogP contribution is 2.29. The number of likely N-dealkylation sites (tertiary alicyclic amines) is 1. The van der Waals surface area contributed by atoms with Gasteiger partial charge in [0.2, 0.25) is 0 Å². The molecule has 1 saturated heterocycles. The molecule has 0 aliphatic carbocycles. The highest BCUT2D eigenvalue weighted by atomic mass is 19.1. The fourth-order valence-corrected chi connectivity index (χ4v) is 3.01. The Hall–Kier alpha value is -2.40. The SMILES string of the molecule is O=C(OCc1ccccc1)N1CCC(c2ccc(F)cc2)C(O)C1. The fraction of sp³-hybridized carbons (Fsp3) is 0.316. The van der Waals surface area contributed by atoms with E-state index >= 15 is 0 Å². The number of ether oxygens (including phenoxy) is 1. The lowest BCUT2D eigenvalue weighted by Gasteiger charge is -2.35. The van der Waals surface area contributed by atoms with Crippen LogP contribution in [0.25, 0.3) is 0 Å². The summed E-state index contributed by atoms with van der Waals surface area (Å²) in [5.74, 6) is -0.390. The zero-order valence-electron chi connectivity index (χ0n) is 13.3. The van der Waals surface area contributed by atoms with Crippen LogP contribution in [0.15, 0.2) is 54.6 Å². The van der Waals surface area contributed by atoms with Gasteiger partial charge in [-0.1, -0.05) is 42.5 Å². The second-order valence-corrected chi connectivity index (χ2v) is 6.00. The number of hydrogen-bond acceptors (Lipinski definition) is 3. The summed E-state index contributed by atoms with van der Waals surface area (Å²) in [4.78, 5) is 13.7. The van der Waals surface area contributed by atoms with E-state index in [2.05, 4.69) is 0 Å². The van der Waals surface area contributed by atoms with Gasteiger partial charge in [-0.25, -0.2) is 9.18 Å². The lowest BCUT2D eigenvalue weighted by atomic mass is 9.87. The van der Waals surface area contributed by atoms with Crippen LogP contribution in [0.2, 0.25) is 0 Å². The van der Waals surface area contributed by atoms with E-state index in [9.17, 15) is 14.3 Å². The number of carbonyl (C=O) groups is 1. The summed E-state index contributed by atoms with van der Waals surface area (Å²) in [5.41, 5.74) is 1.81. The minimum Gasteiger partial charge on any atom is -0.445 e. The number of aliphatic hydroxyl groups excluding tert-OH is 1. The maximum absolute atomic E-state index is 13.0. The lowest BCUT2D eigenvalue weighted by Crippen LogP contribution is -2.45. The molecule has 4 nitrogen and oxygen atoms in total. The molecule has 1 heterocycles. The van der Waals surface area contributed by atoms with E-state index in [0.29, 0.717) is 13.0 Å². The fourth-order valence-electron chi connectivity index (χ4n) is 3.01. The molecule has 2 aromatic carbocycles. The van der Waals surface area contributed by atoms with Crippen LogP contribution in [0.3, 0.4) is 0 Å². The molecular weight excluding hydrogens is 309 g/mol. The van der Waals surface area contributed by atoms with Gasteiger partial charge in [-0.05, 0) is 29.7 Å². The average Bonchev–Trinajstić information content (AvgIpc) is 2.61. The highest BCUT2D eigenvalue weighted by molar-refractivity contribution is 5.67. The standard InChI is InChI=1S/C19H20FNO3/c20-16-8-6-15(7-9-16)17-10-11-21(12-18(17)22)19(23)24-13-14-4-2-1-3-5-14/h1-9,17-18,22H,10-13H2. The Kier molecular flexibility index (Phi) is 5.11. The predicted octanol–water partition coefficient (Wildman–Crippen LogP) is 3.31. The van der Waals surface area contributed by atoms with Gasteiger partial charge in [0.1, 0.15) is 12.4 Å². The number of hydrogen-bond donors (Lipinski definition) is 1. The molecule has 5 heteroatoms. The molecule has 0 bridgehead atoms. The van der Waals surface area contributed by atoms with Crippen LogP contribution >= 0.6 is 0 Å². The molecule has 0 aromatic heterocycles. The molecule has 1 fully saturated rings. The van der Waals surface area contributed by atoms with Crippen molar-refractivity contribution < 1.29 is 19.0 Å². The summed E-state index contributed by atoms with van der Waals surface area (Å²) >= 11 is 0. The van der Waals surface area contributed by atoms with Crippen molar-refractivity contribution in [2.45, 2.75) is 25.0 Å². The average molecular weight is 329 g/mol. The van der Waals surface area contributed by atoms with Crippen molar-refractivity contribution in [3.8, 4) is 0 Å².